The van der Waals surface area contributed by atoms with Crippen molar-refractivity contribution in [2.24, 2.45) is 11.5 Å². The summed E-state index contributed by atoms with van der Waals surface area (Å²) in [6.07, 6.45) is 6.08. The number of anilines is 1. The Morgan fingerprint density at radius 2 is 1.88 bits per heavy atom. The lowest BCUT2D eigenvalue weighted by Crippen LogP contribution is -2.19. The lowest BCUT2D eigenvalue weighted by atomic mass is 10.2. The van der Waals surface area contributed by atoms with E-state index < -0.39 is 5.91 Å². The van der Waals surface area contributed by atoms with Crippen molar-refractivity contribution in [3.63, 3.8) is 0 Å². The van der Waals surface area contributed by atoms with E-state index >= 15 is 0 Å². The van der Waals surface area contributed by atoms with Gasteiger partial charge in [-0.3, -0.25) is 4.79 Å². The highest BCUT2D eigenvalue weighted by atomic mass is 19.1. The summed E-state index contributed by atoms with van der Waals surface area (Å²) >= 11 is 0. The Morgan fingerprint density at radius 1 is 1.15 bits per heavy atom. The van der Waals surface area contributed by atoms with Gasteiger partial charge in [0.2, 0.25) is 0 Å². The van der Waals surface area contributed by atoms with Gasteiger partial charge in [0.15, 0.2) is 0 Å². The number of allylic oxidation sites excluding steroid dienone is 2. The van der Waals surface area contributed by atoms with Crippen LogP contribution in [0, 0.1) is 5.82 Å². The number of hydrogen-bond donors (Lipinski definition) is 3. The standard InChI is InChI=1S/C20H19FN4O/c21-15-9-7-14(8-10-15)12-25-13-18(16-4-1-2-6-19(16)25)24-20(26)17(23)5-3-11-22/h1-11,13H,12,22-23H2,(H,24,26)/b11-3-,17-5-. The van der Waals surface area contributed by atoms with Crippen molar-refractivity contribution in [1.29, 1.82) is 0 Å². The number of carbonyl (C=O) groups is 1. The van der Waals surface area contributed by atoms with Gasteiger partial charge >= 0.3 is 0 Å². The molecule has 2 aromatic carbocycles. The summed E-state index contributed by atoms with van der Waals surface area (Å²) in [5, 5.41) is 3.71. The van der Waals surface area contributed by atoms with E-state index in [0.717, 1.165) is 16.5 Å². The molecule has 1 amide bonds. The second-order valence-corrected chi connectivity index (χ2v) is 5.78. The molecule has 5 nitrogen and oxygen atoms in total. The van der Waals surface area contributed by atoms with Crippen molar-refractivity contribution < 1.29 is 9.18 Å². The summed E-state index contributed by atoms with van der Waals surface area (Å²) in [6, 6.07) is 14.0. The van der Waals surface area contributed by atoms with E-state index in [0.29, 0.717) is 12.2 Å². The molecule has 0 aliphatic heterocycles. The summed E-state index contributed by atoms with van der Waals surface area (Å²) in [5.41, 5.74) is 13.6. The number of nitrogens with zero attached hydrogens (tertiary/aromatic N) is 1. The zero-order valence-corrected chi connectivity index (χ0v) is 14.0. The number of nitrogens with two attached hydrogens (primary N) is 2. The van der Waals surface area contributed by atoms with Gasteiger partial charge in [-0.05, 0) is 42.1 Å². The van der Waals surface area contributed by atoms with E-state index in [4.69, 9.17) is 11.5 Å². The maximum Gasteiger partial charge on any atom is 0.271 e. The Bertz CT molecular complexity index is 987. The SMILES string of the molecule is N/C=C\C=C(/N)C(=O)Nc1cn(Cc2ccc(F)cc2)c2ccccc12. The van der Waals surface area contributed by atoms with Crippen LogP contribution < -0.4 is 16.8 Å². The minimum absolute atomic E-state index is 0.0575. The van der Waals surface area contributed by atoms with E-state index in [9.17, 15) is 9.18 Å². The summed E-state index contributed by atoms with van der Waals surface area (Å²) in [5.74, 6) is -0.680. The molecule has 0 atom stereocenters. The van der Waals surface area contributed by atoms with Crippen molar-refractivity contribution in [3.05, 3.63) is 90.2 Å². The van der Waals surface area contributed by atoms with Gasteiger partial charge in [0.1, 0.15) is 5.82 Å². The minimum Gasteiger partial charge on any atom is -0.405 e. The quantitative estimate of drug-likeness (QED) is 0.488. The molecule has 3 aromatic rings. The molecule has 0 unspecified atom stereocenters. The zero-order valence-electron chi connectivity index (χ0n) is 14.0. The number of halogens is 1. The lowest BCUT2D eigenvalue weighted by molar-refractivity contribution is -0.112. The molecular formula is C20H19FN4O. The first-order valence-electron chi connectivity index (χ1n) is 8.06. The topological polar surface area (TPSA) is 86.1 Å². The van der Waals surface area contributed by atoms with Gasteiger partial charge < -0.3 is 21.4 Å². The molecule has 0 radical (unpaired) electrons. The monoisotopic (exact) mass is 350 g/mol. The summed E-state index contributed by atoms with van der Waals surface area (Å²) in [6.45, 7) is 0.553. The van der Waals surface area contributed by atoms with Crippen molar-refractivity contribution in [1.82, 2.24) is 4.57 Å². The van der Waals surface area contributed by atoms with Crippen molar-refractivity contribution in [2.45, 2.75) is 6.54 Å². The minimum atomic E-state index is -0.409. The third kappa shape index (κ3) is 3.75. The molecule has 26 heavy (non-hydrogen) atoms. The van der Waals surface area contributed by atoms with Crippen LogP contribution in [0.25, 0.3) is 10.9 Å². The highest BCUT2D eigenvalue weighted by Crippen LogP contribution is 2.27. The molecule has 0 fully saturated rings. The van der Waals surface area contributed by atoms with E-state index in [1.807, 2.05) is 35.0 Å². The highest BCUT2D eigenvalue weighted by Gasteiger charge is 2.12. The van der Waals surface area contributed by atoms with Crippen LogP contribution in [0.4, 0.5) is 10.1 Å². The first kappa shape index (κ1) is 17.3. The van der Waals surface area contributed by atoms with E-state index in [1.54, 1.807) is 12.1 Å². The van der Waals surface area contributed by atoms with E-state index in [1.165, 1.54) is 30.5 Å². The molecule has 3 rings (SSSR count). The first-order valence-corrected chi connectivity index (χ1v) is 8.06. The number of benzene rings is 2. The number of fused-ring (bicyclic) bond motifs is 1. The van der Waals surface area contributed by atoms with Crippen LogP contribution in [0.15, 0.2) is 78.8 Å². The fraction of sp³-hybridized carbons (Fsp3) is 0.0500. The van der Waals surface area contributed by atoms with Crippen LogP contribution in [-0.4, -0.2) is 10.5 Å². The van der Waals surface area contributed by atoms with Gasteiger partial charge in [-0.25, -0.2) is 4.39 Å². The molecule has 0 bridgehead atoms. The highest BCUT2D eigenvalue weighted by molar-refractivity contribution is 6.08. The smallest absolute Gasteiger partial charge is 0.271 e. The molecule has 0 saturated carbocycles. The second kappa shape index (κ2) is 7.57. The van der Waals surface area contributed by atoms with Gasteiger partial charge in [0, 0.05) is 18.1 Å². The Kier molecular flexibility index (Phi) is 5.03. The predicted molar refractivity (Wildman–Crippen MR) is 102 cm³/mol. The number of rotatable bonds is 5. The maximum atomic E-state index is 13.1. The summed E-state index contributed by atoms with van der Waals surface area (Å²) in [4.78, 5) is 12.2. The third-order valence-corrected chi connectivity index (χ3v) is 3.95. The van der Waals surface area contributed by atoms with Gasteiger partial charge in [0.05, 0.1) is 16.9 Å². The van der Waals surface area contributed by atoms with Gasteiger partial charge in [-0.2, -0.15) is 0 Å². The number of amides is 1. The van der Waals surface area contributed by atoms with Crippen molar-refractivity contribution in [3.8, 4) is 0 Å². The lowest BCUT2D eigenvalue weighted by Gasteiger charge is -2.05. The Morgan fingerprint density at radius 3 is 2.62 bits per heavy atom. The molecule has 0 aliphatic carbocycles. The largest absolute Gasteiger partial charge is 0.405 e. The molecule has 0 aliphatic rings. The number of aromatic nitrogens is 1. The number of hydrogen-bond acceptors (Lipinski definition) is 3. The second-order valence-electron chi connectivity index (χ2n) is 5.78. The average molecular weight is 350 g/mol. The van der Waals surface area contributed by atoms with Crippen LogP contribution in [-0.2, 0) is 11.3 Å². The number of para-hydroxylation sites is 1. The molecule has 132 valence electrons. The van der Waals surface area contributed by atoms with Gasteiger partial charge in [-0.15, -0.1) is 0 Å². The molecule has 1 heterocycles. The predicted octanol–water partition coefficient (Wildman–Crippen LogP) is 3.08. The molecule has 6 heteroatoms. The fourth-order valence-corrected chi connectivity index (χ4v) is 2.69. The molecule has 5 N–H and O–H groups in total. The Hall–Kier alpha value is -3.54. The molecule has 0 spiro atoms. The van der Waals surface area contributed by atoms with Crippen LogP contribution >= 0.6 is 0 Å². The number of carbonyl (C=O) groups excluding carboxylic acids is 1. The zero-order chi connectivity index (χ0) is 18.5. The summed E-state index contributed by atoms with van der Waals surface area (Å²) in [7, 11) is 0. The van der Waals surface area contributed by atoms with Crippen LogP contribution in [0.2, 0.25) is 0 Å². The fourth-order valence-electron chi connectivity index (χ4n) is 2.69. The van der Waals surface area contributed by atoms with Crippen LogP contribution in [0.5, 0.6) is 0 Å². The molecular weight excluding hydrogens is 331 g/mol. The average Bonchev–Trinajstić information content (AvgIpc) is 2.99. The number of nitrogens with one attached hydrogen (secondary N) is 1. The van der Waals surface area contributed by atoms with Crippen molar-refractivity contribution >= 4 is 22.5 Å². The molecule has 1 aromatic heterocycles. The van der Waals surface area contributed by atoms with E-state index in [2.05, 4.69) is 5.32 Å². The first-order chi connectivity index (χ1) is 12.6. The Balaban J connectivity index is 1.92. The van der Waals surface area contributed by atoms with Gasteiger partial charge in [-0.1, -0.05) is 30.3 Å². The maximum absolute atomic E-state index is 13.1. The third-order valence-electron chi connectivity index (χ3n) is 3.95. The van der Waals surface area contributed by atoms with Crippen LogP contribution in [0.3, 0.4) is 0 Å². The van der Waals surface area contributed by atoms with Gasteiger partial charge in [0.25, 0.3) is 5.91 Å². The summed E-state index contributed by atoms with van der Waals surface area (Å²) < 4.78 is 15.1. The van der Waals surface area contributed by atoms with Crippen LogP contribution in [0.1, 0.15) is 5.56 Å². The normalized spacial score (nSPS) is 12.0. The molecule has 0 saturated heterocycles. The van der Waals surface area contributed by atoms with Crippen molar-refractivity contribution in [2.75, 3.05) is 5.32 Å². The Labute approximate surface area is 150 Å². The van der Waals surface area contributed by atoms with E-state index in [-0.39, 0.29) is 11.5 Å².